The topological polar surface area (TPSA) is 27.1 Å². The Morgan fingerprint density at radius 1 is 1.55 bits per heavy atom. The van der Waals surface area contributed by atoms with Crippen LogP contribution in [0.3, 0.4) is 0 Å². The Hall–Kier alpha value is -0.530. The van der Waals surface area contributed by atoms with Crippen LogP contribution in [0.2, 0.25) is 0 Å². The van der Waals surface area contributed by atoms with Crippen molar-refractivity contribution in [3.05, 3.63) is 0 Å². The van der Waals surface area contributed by atoms with Crippen LogP contribution in [0.15, 0.2) is 0 Å². The monoisotopic (exact) mass is 154 g/mol. The van der Waals surface area contributed by atoms with E-state index >= 15 is 0 Å². The van der Waals surface area contributed by atoms with Crippen LogP contribution in [-0.2, 0) is 0 Å². The van der Waals surface area contributed by atoms with Crippen LogP contribution in [0.5, 0.6) is 0 Å². The Labute approximate surface area is 69.1 Å². The first-order valence-corrected chi connectivity index (χ1v) is 4.36. The van der Waals surface area contributed by atoms with Gasteiger partial charge in [0.2, 0.25) is 0 Å². The lowest BCUT2D eigenvalue weighted by Crippen LogP contribution is -2.35. The fraction of sp³-hybridized carbons (Fsp3) is 0.889. The highest BCUT2D eigenvalue weighted by atomic mass is 15.1. The zero-order valence-electron chi connectivity index (χ0n) is 7.72. The van der Waals surface area contributed by atoms with Crippen molar-refractivity contribution >= 4 is 5.84 Å². The van der Waals surface area contributed by atoms with Gasteiger partial charge in [0.05, 0.1) is 5.84 Å². The predicted molar refractivity (Wildman–Crippen MR) is 47.9 cm³/mol. The Bertz CT molecular complexity index is 148. The van der Waals surface area contributed by atoms with E-state index in [0.717, 1.165) is 18.4 Å². The second kappa shape index (κ2) is 3.24. The van der Waals surface area contributed by atoms with E-state index in [1.54, 1.807) is 0 Å². The molecule has 0 heterocycles. The number of rotatable bonds is 2. The molecule has 1 rings (SSSR count). The normalized spacial score (nSPS) is 29.4. The van der Waals surface area contributed by atoms with E-state index in [1.807, 2.05) is 18.9 Å². The van der Waals surface area contributed by atoms with Crippen molar-refractivity contribution in [2.24, 2.45) is 11.8 Å². The number of amidine groups is 1. The zero-order valence-corrected chi connectivity index (χ0v) is 7.72. The Balaban J connectivity index is 2.16. The van der Waals surface area contributed by atoms with E-state index in [1.165, 1.54) is 12.8 Å². The maximum Gasteiger partial charge on any atom is 0.0923 e. The molecule has 0 unspecified atom stereocenters. The van der Waals surface area contributed by atoms with Crippen molar-refractivity contribution in [1.82, 2.24) is 4.90 Å². The van der Waals surface area contributed by atoms with Gasteiger partial charge >= 0.3 is 0 Å². The molecule has 0 bridgehead atoms. The van der Waals surface area contributed by atoms with Gasteiger partial charge in [-0.25, -0.2) is 0 Å². The van der Waals surface area contributed by atoms with E-state index in [2.05, 4.69) is 6.92 Å². The summed E-state index contributed by atoms with van der Waals surface area (Å²) in [5.74, 6) is 2.47. The third-order valence-electron chi connectivity index (χ3n) is 2.58. The summed E-state index contributed by atoms with van der Waals surface area (Å²) < 4.78 is 0. The maximum atomic E-state index is 7.37. The molecular weight excluding hydrogens is 136 g/mol. The van der Waals surface area contributed by atoms with Crippen molar-refractivity contribution in [3.63, 3.8) is 0 Å². The van der Waals surface area contributed by atoms with Gasteiger partial charge in [0.15, 0.2) is 0 Å². The van der Waals surface area contributed by atoms with Crippen molar-refractivity contribution in [3.8, 4) is 0 Å². The standard InChI is InChI=1S/C9H18N2/c1-7-4-9(5-7)6-11(3)8(2)10/h7,9-10H,4-6H2,1-3H3. The molecule has 0 amide bonds. The van der Waals surface area contributed by atoms with Gasteiger partial charge in [0, 0.05) is 13.6 Å². The molecule has 0 spiro atoms. The number of hydrogen-bond acceptors (Lipinski definition) is 1. The third-order valence-corrected chi connectivity index (χ3v) is 2.58. The lowest BCUT2D eigenvalue weighted by molar-refractivity contribution is 0.180. The first-order chi connectivity index (χ1) is 5.09. The Kier molecular flexibility index (Phi) is 2.53. The van der Waals surface area contributed by atoms with E-state index < -0.39 is 0 Å². The van der Waals surface area contributed by atoms with Gasteiger partial charge < -0.3 is 4.90 Å². The minimum Gasteiger partial charge on any atom is -0.364 e. The summed E-state index contributed by atoms with van der Waals surface area (Å²) in [6.45, 7) is 5.23. The number of nitrogens with one attached hydrogen (secondary N) is 1. The van der Waals surface area contributed by atoms with Crippen LogP contribution in [0.1, 0.15) is 26.7 Å². The molecule has 2 nitrogen and oxygen atoms in total. The summed E-state index contributed by atoms with van der Waals surface area (Å²) in [5.41, 5.74) is 0. The highest BCUT2D eigenvalue weighted by Crippen LogP contribution is 2.33. The Morgan fingerprint density at radius 2 is 2.09 bits per heavy atom. The predicted octanol–water partition coefficient (Wildman–Crippen LogP) is 1.96. The molecular formula is C9H18N2. The van der Waals surface area contributed by atoms with Crippen molar-refractivity contribution < 1.29 is 0 Å². The minimum atomic E-state index is 0.685. The number of hydrogen-bond donors (Lipinski definition) is 1. The minimum absolute atomic E-state index is 0.685. The zero-order chi connectivity index (χ0) is 8.43. The lowest BCUT2D eigenvalue weighted by atomic mass is 9.76. The first kappa shape index (κ1) is 8.57. The summed E-state index contributed by atoms with van der Waals surface area (Å²) in [5, 5.41) is 7.37. The largest absolute Gasteiger partial charge is 0.364 e. The molecule has 0 aromatic carbocycles. The average molecular weight is 154 g/mol. The summed E-state index contributed by atoms with van der Waals surface area (Å²) in [6, 6.07) is 0. The van der Waals surface area contributed by atoms with E-state index in [0.29, 0.717) is 5.84 Å². The summed E-state index contributed by atoms with van der Waals surface area (Å²) >= 11 is 0. The molecule has 0 aromatic heterocycles. The van der Waals surface area contributed by atoms with Crippen LogP contribution in [0.4, 0.5) is 0 Å². The van der Waals surface area contributed by atoms with Crippen LogP contribution >= 0.6 is 0 Å². The summed E-state index contributed by atoms with van der Waals surface area (Å²) in [4.78, 5) is 2.04. The van der Waals surface area contributed by atoms with Crippen molar-refractivity contribution in [2.45, 2.75) is 26.7 Å². The second-order valence-electron chi connectivity index (χ2n) is 3.91. The van der Waals surface area contributed by atoms with Gasteiger partial charge in [-0.2, -0.15) is 0 Å². The molecule has 1 aliphatic rings. The van der Waals surface area contributed by atoms with Crippen molar-refractivity contribution in [1.29, 1.82) is 5.41 Å². The van der Waals surface area contributed by atoms with E-state index in [4.69, 9.17) is 5.41 Å². The average Bonchev–Trinajstić information content (AvgIpc) is 1.84. The maximum absolute atomic E-state index is 7.37. The molecule has 1 saturated carbocycles. The molecule has 0 aliphatic heterocycles. The quantitative estimate of drug-likeness (QED) is 0.478. The van der Waals surface area contributed by atoms with Gasteiger partial charge in [0.1, 0.15) is 0 Å². The van der Waals surface area contributed by atoms with Gasteiger partial charge in [-0.05, 0) is 31.6 Å². The fourth-order valence-corrected chi connectivity index (χ4v) is 1.74. The van der Waals surface area contributed by atoms with E-state index in [-0.39, 0.29) is 0 Å². The van der Waals surface area contributed by atoms with Gasteiger partial charge in [0.25, 0.3) is 0 Å². The first-order valence-electron chi connectivity index (χ1n) is 4.36. The smallest absolute Gasteiger partial charge is 0.0923 e. The molecule has 1 N–H and O–H groups in total. The summed E-state index contributed by atoms with van der Waals surface area (Å²) in [6.07, 6.45) is 2.72. The van der Waals surface area contributed by atoms with Crippen LogP contribution in [0, 0.1) is 17.2 Å². The van der Waals surface area contributed by atoms with Gasteiger partial charge in [-0.15, -0.1) is 0 Å². The third kappa shape index (κ3) is 2.21. The van der Waals surface area contributed by atoms with Gasteiger partial charge in [-0.1, -0.05) is 6.92 Å². The number of nitrogens with zero attached hydrogens (tertiary/aromatic N) is 1. The van der Waals surface area contributed by atoms with Crippen molar-refractivity contribution in [2.75, 3.05) is 13.6 Å². The molecule has 0 saturated heterocycles. The lowest BCUT2D eigenvalue weighted by Gasteiger charge is -2.35. The highest BCUT2D eigenvalue weighted by molar-refractivity contribution is 5.75. The van der Waals surface area contributed by atoms with E-state index in [9.17, 15) is 0 Å². The van der Waals surface area contributed by atoms with Crippen LogP contribution in [0.25, 0.3) is 0 Å². The molecule has 0 aromatic rings. The fourth-order valence-electron chi connectivity index (χ4n) is 1.74. The molecule has 64 valence electrons. The molecule has 0 atom stereocenters. The van der Waals surface area contributed by atoms with Crippen LogP contribution < -0.4 is 0 Å². The second-order valence-corrected chi connectivity index (χ2v) is 3.91. The summed E-state index contributed by atoms with van der Waals surface area (Å²) in [7, 11) is 2.01. The highest BCUT2D eigenvalue weighted by Gasteiger charge is 2.26. The molecule has 0 radical (unpaired) electrons. The van der Waals surface area contributed by atoms with Gasteiger partial charge in [-0.3, -0.25) is 5.41 Å². The molecule has 11 heavy (non-hydrogen) atoms. The van der Waals surface area contributed by atoms with Crippen LogP contribution in [-0.4, -0.2) is 24.3 Å². The molecule has 2 heteroatoms. The molecule has 1 fully saturated rings. The Morgan fingerprint density at radius 3 is 2.45 bits per heavy atom. The SMILES string of the molecule is CC(=N)N(C)CC1CC(C)C1. The molecule has 1 aliphatic carbocycles.